The molecular formula is C28H45NOSi. The minimum atomic E-state index is -1.76. The van der Waals surface area contributed by atoms with E-state index in [-0.39, 0.29) is 22.5 Å². The molecule has 0 amide bonds. The van der Waals surface area contributed by atoms with Crippen LogP contribution in [-0.2, 0) is 4.43 Å². The second-order valence-corrected chi connectivity index (χ2v) is 18.0. The van der Waals surface area contributed by atoms with Crippen molar-refractivity contribution >= 4 is 8.32 Å². The Bertz CT molecular complexity index is 814. The lowest BCUT2D eigenvalue weighted by molar-refractivity contribution is -0.0302. The molecule has 2 nitrogen and oxygen atoms in total. The summed E-state index contributed by atoms with van der Waals surface area (Å²) in [7, 11) is -1.76. The van der Waals surface area contributed by atoms with Gasteiger partial charge in [-0.3, -0.25) is 0 Å². The summed E-state index contributed by atoms with van der Waals surface area (Å²) in [6, 6.07) is 2.59. The van der Waals surface area contributed by atoms with Crippen LogP contribution in [0.4, 0.5) is 0 Å². The summed E-state index contributed by atoms with van der Waals surface area (Å²) in [6.45, 7) is 19.0. The van der Waals surface area contributed by atoms with Crippen LogP contribution in [0, 0.1) is 51.8 Å². The first-order chi connectivity index (χ1) is 14.3. The minimum Gasteiger partial charge on any atom is -0.410 e. The highest BCUT2D eigenvalue weighted by Gasteiger charge is 2.59. The van der Waals surface area contributed by atoms with Gasteiger partial charge in [-0.25, -0.2) is 0 Å². The molecule has 0 aromatic carbocycles. The van der Waals surface area contributed by atoms with Crippen molar-refractivity contribution in [2.75, 3.05) is 0 Å². The zero-order valence-electron chi connectivity index (χ0n) is 21.3. The molecule has 0 bridgehead atoms. The van der Waals surface area contributed by atoms with Gasteiger partial charge in [-0.05, 0) is 92.7 Å². The molecule has 0 unspecified atom stereocenters. The first kappa shape index (κ1) is 23.3. The fourth-order valence-electron chi connectivity index (χ4n) is 7.81. The molecule has 0 aromatic heterocycles. The van der Waals surface area contributed by atoms with Gasteiger partial charge in [0.1, 0.15) is 0 Å². The van der Waals surface area contributed by atoms with Crippen LogP contribution < -0.4 is 0 Å². The molecule has 172 valence electrons. The Labute approximate surface area is 192 Å². The highest BCUT2D eigenvalue weighted by Crippen LogP contribution is 2.66. The summed E-state index contributed by atoms with van der Waals surface area (Å²) < 4.78 is 6.79. The fourth-order valence-corrected chi connectivity index (χ4v) is 9.08. The van der Waals surface area contributed by atoms with Gasteiger partial charge in [0.05, 0.1) is 12.2 Å². The number of hydrogen-bond acceptors (Lipinski definition) is 2. The van der Waals surface area contributed by atoms with E-state index in [9.17, 15) is 5.26 Å². The van der Waals surface area contributed by atoms with E-state index in [4.69, 9.17) is 4.43 Å². The van der Waals surface area contributed by atoms with Gasteiger partial charge in [-0.15, -0.1) is 0 Å². The molecule has 0 heterocycles. The van der Waals surface area contributed by atoms with Crippen molar-refractivity contribution in [3.63, 3.8) is 0 Å². The van der Waals surface area contributed by atoms with Crippen molar-refractivity contribution in [2.45, 2.75) is 104 Å². The maximum atomic E-state index is 9.61. The predicted octanol–water partition coefficient (Wildman–Crippen LogP) is 7.89. The lowest BCUT2D eigenvalue weighted by Crippen LogP contribution is -2.50. The minimum absolute atomic E-state index is 0.194. The van der Waals surface area contributed by atoms with Crippen LogP contribution in [-0.4, -0.2) is 14.4 Å². The monoisotopic (exact) mass is 439 g/mol. The summed E-state index contributed by atoms with van der Waals surface area (Å²) in [5.74, 6) is 3.11. The second-order valence-electron chi connectivity index (χ2n) is 13.3. The topological polar surface area (TPSA) is 33.0 Å². The number of allylic oxidation sites excluding steroid dienone is 2. The predicted molar refractivity (Wildman–Crippen MR) is 132 cm³/mol. The lowest BCUT2D eigenvalue weighted by atomic mass is 9.48. The number of hydrogen-bond donors (Lipinski definition) is 0. The smallest absolute Gasteiger partial charge is 0.192 e. The number of nitriles is 1. The van der Waals surface area contributed by atoms with Crippen LogP contribution in [0.5, 0.6) is 0 Å². The van der Waals surface area contributed by atoms with E-state index >= 15 is 0 Å². The maximum Gasteiger partial charge on any atom is 0.192 e. The summed E-state index contributed by atoms with van der Waals surface area (Å²) in [5, 5.41) is 9.86. The van der Waals surface area contributed by atoms with Gasteiger partial charge in [-0.1, -0.05) is 58.4 Å². The van der Waals surface area contributed by atoms with Gasteiger partial charge in [0, 0.05) is 11.3 Å². The molecule has 0 N–H and O–H groups in total. The zero-order chi connectivity index (χ0) is 22.8. The Balaban J connectivity index is 1.55. The van der Waals surface area contributed by atoms with E-state index < -0.39 is 8.32 Å². The third-order valence-corrected chi connectivity index (χ3v) is 15.3. The molecule has 4 aliphatic rings. The molecule has 3 heteroatoms. The van der Waals surface area contributed by atoms with E-state index in [1.54, 1.807) is 5.57 Å². The van der Waals surface area contributed by atoms with E-state index in [0.717, 1.165) is 24.2 Å². The average Bonchev–Trinajstić information content (AvgIpc) is 3.04. The Morgan fingerprint density at radius 1 is 1.16 bits per heavy atom. The lowest BCUT2D eigenvalue weighted by Gasteiger charge is -2.57. The van der Waals surface area contributed by atoms with Crippen LogP contribution >= 0.6 is 0 Å². The number of rotatable bonds is 3. The molecule has 0 aromatic rings. The van der Waals surface area contributed by atoms with E-state index in [1.807, 2.05) is 0 Å². The van der Waals surface area contributed by atoms with Gasteiger partial charge < -0.3 is 4.43 Å². The highest BCUT2D eigenvalue weighted by molar-refractivity contribution is 6.74. The molecule has 0 radical (unpaired) electrons. The van der Waals surface area contributed by atoms with Gasteiger partial charge in [-0.2, -0.15) is 5.26 Å². The Hall–Kier alpha value is -0.853. The van der Waals surface area contributed by atoms with Crippen LogP contribution in [0.3, 0.4) is 0 Å². The molecule has 31 heavy (non-hydrogen) atoms. The molecule has 0 aliphatic heterocycles. The van der Waals surface area contributed by atoms with Crippen molar-refractivity contribution in [2.24, 2.45) is 40.4 Å². The van der Waals surface area contributed by atoms with Crippen molar-refractivity contribution in [1.82, 2.24) is 0 Å². The van der Waals surface area contributed by atoms with Crippen LogP contribution in [0.15, 0.2) is 23.8 Å². The summed E-state index contributed by atoms with van der Waals surface area (Å²) in [6.07, 6.45) is 15.3. The van der Waals surface area contributed by atoms with Gasteiger partial charge >= 0.3 is 0 Å². The molecule has 2 fully saturated rings. The molecule has 8 atom stereocenters. The largest absolute Gasteiger partial charge is 0.410 e. The number of fused-ring (bicyclic) bond motifs is 5. The SMILES string of the molecule is C[C@H](C#N)[C@H]1CC[C@H]2[C@@H]3CC=C4C[C@@H](O[Si](C)(C)C(C)(C)C)C=C[C@]4(C)[C@H]3CC[C@]12C. The highest BCUT2D eigenvalue weighted by atomic mass is 28.4. The van der Waals surface area contributed by atoms with E-state index in [0.29, 0.717) is 11.3 Å². The zero-order valence-corrected chi connectivity index (χ0v) is 22.3. The van der Waals surface area contributed by atoms with Gasteiger partial charge in [0.25, 0.3) is 0 Å². The maximum absolute atomic E-state index is 9.61. The van der Waals surface area contributed by atoms with Crippen LogP contribution in [0.1, 0.15) is 80.1 Å². The van der Waals surface area contributed by atoms with E-state index in [1.165, 1.54) is 32.1 Å². The quantitative estimate of drug-likeness (QED) is 0.331. The Morgan fingerprint density at radius 3 is 2.52 bits per heavy atom. The molecule has 4 aliphatic carbocycles. The van der Waals surface area contributed by atoms with Crippen molar-refractivity contribution in [1.29, 1.82) is 5.26 Å². The van der Waals surface area contributed by atoms with Crippen LogP contribution in [0.25, 0.3) is 0 Å². The summed E-state index contributed by atoms with van der Waals surface area (Å²) >= 11 is 0. The van der Waals surface area contributed by atoms with Crippen LogP contribution in [0.2, 0.25) is 18.1 Å². The standard InChI is InChI=1S/C28H45NOSi/c1-19(18-29)23-11-12-24-22-10-9-20-17-21(30-31(7,8)26(2,3)4)13-15-27(20,5)25(22)14-16-28(23,24)6/h9,13,15,19,21-25H,10-12,14,16-17H2,1-8H3/t19-,21+,22+,23-,24+,25+,27+,28-/m1/s1. The first-order valence-corrected chi connectivity index (χ1v) is 15.7. The van der Waals surface area contributed by atoms with Crippen molar-refractivity contribution in [3.05, 3.63) is 23.8 Å². The Kier molecular flexibility index (Phi) is 5.71. The molecule has 0 saturated heterocycles. The third kappa shape index (κ3) is 3.61. The third-order valence-electron chi connectivity index (χ3n) is 10.7. The van der Waals surface area contributed by atoms with E-state index in [2.05, 4.69) is 78.9 Å². The molecule has 0 spiro atoms. The number of nitrogens with zero attached hydrogens (tertiary/aromatic N) is 1. The molecule has 2 saturated carbocycles. The van der Waals surface area contributed by atoms with Crippen molar-refractivity contribution < 1.29 is 4.43 Å². The normalized spacial score (nSPS) is 43.3. The fraction of sp³-hybridized carbons (Fsp3) is 0.821. The van der Waals surface area contributed by atoms with Gasteiger partial charge in [0.15, 0.2) is 8.32 Å². The van der Waals surface area contributed by atoms with Crippen molar-refractivity contribution in [3.8, 4) is 6.07 Å². The second kappa shape index (κ2) is 7.59. The van der Waals surface area contributed by atoms with Gasteiger partial charge in [0.2, 0.25) is 0 Å². The summed E-state index contributed by atoms with van der Waals surface area (Å²) in [5.41, 5.74) is 2.21. The molecular weight excluding hydrogens is 394 g/mol. The first-order valence-electron chi connectivity index (χ1n) is 12.8. The summed E-state index contributed by atoms with van der Waals surface area (Å²) in [4.78, 5) is 0. The molecule has 4 rings (SSSR count). The Morgan fingerprint density at radius 2 is 1.87 bits per heavy atom. The average molecular weight is 440 g/mol.